The molecule has 0 rings (SSSR count). The summed E-state index contributed by atoms with van der Waals surface area (Å²) in [6.07, 6.45) is 62.5. The zero-order valence-corrected chi connectivity index (χ0v) is 75.1. The van der Waals surface area contributed by atoms with E-state index in [4.69, 9.17) is 42.8 Å². The van der Waals surface area contributed by atoms with E-state index in [1.54, 1.807) is 0 Å². The summed E-state index contributed by atoms with van der Waals surface area (Å²) in [6.45, 7) is 11.6. The number of aliphatic hydroxyl groups excluding tert-OH is 1. The smallest absolute Gasteiger partial charge is 0.462 e. The Kier molecular flexibility index (Phi) is 79.9. The molecule has 0 aliphatic carbocycles. The van der Waals surface area contributed by atoms with Crippen LogP contribution in [0.25, 0.3) is 0 Å². The number of carbonyl (C=O) groups excluding carboxylic acids is 5. The monoisotopic (exact) mass is 1660 g/mol. The first-order valence-electron chi connectivity index (χ1n) is 46.5. The number of nitrogens with two attached hydrogens (primary N) is 1. The fraction of sp³-hybridized carbons (Fsp3) is 0.899. The molecule has 0 aliphatic rings. The van der Waals surface area contributed by atoms with Crippen molar-refractivity contribution in [1.29, 1.82) is 0 Å². The van der Waals surface area contributed by atoms with E-state index in [0.717, 1.165) is 135 Å². The molecule has 0 aliphatic heterocycles. The van der Waals surface area contributed by atoms with Crippen molar-refractivity contribution in [1.82, 2.24) is 21.3 Å². The van der Waals surface area contributed by atoms with Crippen LogP contribution in [0.4, 0.5) is 0 Å². The normalized spacial score (nSPS) is 14.5. The number of aliphatic hydroxyl groups is 1. The van der Waals surface area contributed by atoms with Crippen LogP contribution in [-0.2, 0) is 70.1 Å². The Morgan fingerprint density at radius 2 is 0.693 bits per heavy atom. The summed E-state index contributed by atoms with van der Waals surface area (Å²) in [5, 5.41) is 22.4. The van der Waals surface area contributed by atoms with E-state index in [2.05, 4.69) is 87.1 Å². The van der Waals surface area contributed by atoms with Crippen LogP contribution in [0.1, 0.15) is 408 Å². The molecule has 0 saturated heterocycles. The van der Waals surface area contributed by atoms with Crippen LogP contribution < -0.4 is 27.0 Å². The van der Waals surface area contributed by atoms with Gasteiger partial charge in [0.05, 0.1) is 64.9 Å². The predicted molar refractivity (Wildman–Crippen MR) is 464 cm³/mol. The molecule has 0 bridgehead atoms. The van der Waals surface area contributed by atoms with Crippen molar-refractivity contribution >= 4 is 45.3 Å². The number of carbonyl (C=O) groups is 5. The SMILES string of the molecule is CCCCCCC=CCCCC(=O)OC(CCCCCCC)CCOCC(COP(=O)(O)OCCNC(=O)C(CCCCN)C(=O)NCCOP(=O)(O)OCC(COCCC(CCCCCCC)OC(=O)CCCC=CCCCCCC)NC(O)CCCCCCCCCCCCC)NC(=O)CCCCCCCCCCCCC. The molecule has 8 atom stereocenters. The molecule has 0 spiro atoms. The molecule has 0 aromatic rings. The van der Waals surface area contributed by atoms with Crippen molar-refractivity contribution in [2.45, 2.75) is 438 Å². The van der Waals surface area contributed by atoms with E-state index in [0.29, 0.717) is 83.6 Å². The third-order valence-corrected chi connectivity index (χ3v) is 22.6. The van der Waals surface area contributed by atoms with Gasteiger partial charge >= 0.3 is 27.6 Å². The topological polar surface area (TPSA) is 328 Å². The molecule has 9 N–H and O–H groups in total. The fourth-order valence-electron chi connectivity index (χ4n) is 13.5. The van der Waals surface area contributed by atoms with Crippen molar-refractivity contribution in [3.8, 4) is 0 Å². The highest BCUT2D eigenvalue weighted by Gasteiger charge is 2.30. The van der Waals surface area contributed by atoms with Crippen molar-refractivity contribution in [3.63, 3.8) is 0 Å². The van der Waals surface area contributed by atoms with Gasteiger partial charge in [-0.2, -0.15) is 0 Å². The second-order valence-electron chi connectivity index (χ2n) is 31.7. The van der Waals surface area contributed by atoms with Gasteiger partial charge in [0, 0.05) is 45.2 Å². The first-order chi connectivity index (χ1) is 55.4. The second kappa shape index (κ2) is 82.2. The van der Waals surface area contributed by atoms with E-state index in [1.807, 2.05) is 0 Å². The predicted octanol–water partition coefficient (Wildman–Crippen LogP) is 21.1. The highest BCUT2D eigenvalue weighted by molar-refractivity contribution is 7.47. The number of phosphoric ester groups is 2. The number of hydrogen-bond acceptors (Lipinski definition) is 18. The molecule has 672 valence electrons. The Morgan fingerprint density at radius 1 is 0.360 bits per heavy atom. The Balaban J connectivity index is 5.90. The molecule has 0 heterocycles. The molecule has 0 radical (unpaired) electrons. The van der Waals surface area contributed by atoms with Crippen LogP contribution in [-0.4, -0.2) is 148 Å². The van der Waals surface area contributed by atoms with Gasteiger partial charge in [0.25, 0.3) is 0 Å². The molecule has 0 fully saturated rings. The largest absolute Gasteiger partial charge is 0.472 e. The van der Waals surface area contributed by atoms with Gasteiger partial charge in [-0.05, 0) is 116 Å². The molecule has 3 amide bonds. The number of rotatable bonds is 89. The van der Waals surface area contributed by atoms with Crippen LogP contribution in [0.15, 0.2) is 24.3 Å². The molecular formula is C89H173N5O18P2. The maximum absolute atomic E-state index is 13.6. The average molecular weight is 1660 g/mol. The summed E-state index contributed by atoms with van der Waals surface area (Å²) in [7, 11) is -9.54. The van der Waals surface area contributed by atoms with Crippen LogP contribution in [0.3, 0.4) is 0 Å². The summed E-state index contributed by atoms with van der Waals surface area (Å²) < 4.78 is 72.5. The van der Waals surface area contributed by atoms with Crippen LogP contribution in [0, 0.1) is 5.92 Å². The molecule has 114 heavy (non-hydrogen) atoms. The summed E-state index contributed by atoms with van der Waals surface area (Å²) in [4.78, 5) is 88.6. The number of amides is 3. The Hall–Kier alpha value is -3.15. The van der Waals surface area contributed by atoms with Crippen molar-refractivity contribution in [3.05, 3.63) is 24.3 Å². The maximum Gasteiger partial charge on any atom is 0.472 e. The minimum atomic E-state index is -4.78. The lowest BCUT2D eigenvalue weighted by Crippen LogP contribution is -2.44. The lowest BCUT2D eigenvalue weighted by atomic mass is 10.00. The third-order valence-electron chi connectivity index (χ3n) is 20.6. The molecule has 25 heteroatoms. The van der Waals surface area contributed by atoms with Gasteiger partial charge < -0.3 is 55.5 Å². The van der Waals surface area contributed by atoms with Crippen molar-refractivity contribution in [2.75, 3.05) is 72.5 Å². The number of allylic oxidation sites excluding steroid dienone is 4. The fourth-order valence-corrected chi connectivity index (χ4v) is 15.1. The van der Waals surface area contributed by atoms with Crippen LogP contribution in [0.5, 0.6) is 0 Å². The van der Waals surface area contributed by atoms with Gasteiger partial charge in [0.2, 0.25) is 17.7 Å². The van der Waals surface area contributed by atoms with Crippen LogP contribution >= 0.6 is 15.6 Å². The van der Waals surface area contributed by atoms with Gasteiger partial charge in [-0.1, -0.05) is 291 Å². The minimum absolute atomic E-state index is 0.000993. The molecule has 0 aromatic carbocycles. The number of hydrogen-bond donors (Lipinski definition) is 8. The minimum Gasteiger partial charge on any atom is -0.462 e. The quantitative estimate of drug-likeness (QED) is 0.00700. The van der Waals surface area contributed by atoms with E-state index in [9.17, 15) is 48.0 Å². The summed E-state index contributed by atoms with van der Waals surface area (Å²) in [5.41, 5.74) is 5.77. The molecular weight excluding hydrogens is 1490 g/mol. The maximum atomic E-state index is 13.6. The first-order valence-corrected chi connectivity index (χ1v) is 49.4. The van der Waals surface area contributed by atoms with Gasteiger partial charge in [0.1, 0.15) is 24.4 Å². The average Bonchev–Trinajstić information content (AvgIpc) is 0.894. The number of ether oxygens (including phenoxy) is 4. The summed E-state index contributed by atoms with van der Waals surface area (Å²) in [5.74, 6) is -3.35. The van der Waals surface area contributed by atoms with E-state index >= 15 is 0 Å². The molecule has 8 unspecified atom stereocenters. The Bertz CT molecular complexity index is 2380. The van der Waals surface area contributed by atoms with E-state index in [1.165, 1.54) is 141 Å². The number of esters is 2. The van der Waals surface area contributed by atoms with Crippen molar-refractivity contribution < 1.29 is 85.0 Å². The van der Waals surface area contributed by atoms with E-state index < -0.39 is 71.5 Å². The van der Waals surface area contributed by atoms with Gasteiger partial charge in [-0.25, -0.2) is 9.13 Å². The van der Waals surface area contributed by atoms with E-state index in [-0.39, 0.29) is 89.0 Å². The molecule has 23 nitrogen and oxygen atoms in total. The zero-order valence-electron chi connectivity index (χ0n) is 73.3. The lowest BCUT2D eigenvalue weighted by Gasteiger charge is -2.24. The highest BCUT2D eigenvalue weighted by Crippen LogP contribution is 2.44. The number of unbranched alkanes of at least 4 members (excludes halogenated alkanes) is 39. The molecule has 0 saturated carbocycles. The summed E-state index contributed by atoms with van der Waals surface area (Å²) >= 11 is 0. The zero-order chi connectivity index (χ0) is 83.7. The standard InChI is InChI=1S/C89H173N5O18P2/c1-7-13-19-25-29-33-35-39-41-47-53-62-84(95)93-79(75-105-71-66-81(59-51-45-23-17-11-5)111-86(97)64-55-49-43-37-31-27-21-15-9-3)77-109-113(101,102)107-73-69-91-88(99)83(61-57-58-68-90)89(100)92-70-74-108-114(103,104)110-78-80(94-85(96)63-54-48-42-40-36-34-30-26-20-14-8-2)76-106-72-67-82(60-52-46-24-18-12-6)112-87(98)65-56-50-44-38-32-28-22-16-10-4/h37-38,43-44,79-84,93,95H,7-36,39-42,45-78,90H2,1-6H3,(H,91,99)(H,92,100)(H,94,96)(H,101,102)(H,103,104). The second-order valence-corrected chi connectivity index (χ2v) is 34.6. The summed E-state index contributed by atoms with van der Waals surface area (Å²) in [6, 6.07) is -1.58. The van der Waals surface area contributed by atoms with Gasteiger partial charge in [0.15, 0.2) is 0 Å². The first kappa shape index (κ1) is 111. The molecule has 0 aromatic heterocycles. The van der Waals surface area contributed by atoms with Crippen LogP contribution in [0.2, 0.25) is 0 Å². The third kappa shape index (κ3) is 75.1. The van der Waals surface area contributed by atoms with Crippen molar-refractivity contribution in [2.24, 2.45) is 11.7 Å². The lowest BCUT2D eigenvalue weighted by molar-refractivity contribution is -0.151. The van der Waals surface area contributed by atoms with Gasteiger partial charge in [-0.15, -0.1) is 0 Å². The number of phosphoric acid groups is 2. The Labute approximate surface area is 694 Å². The Morgan fingerprint density at radius 3 is 1.09 bits per heavy atom. The number of nitrogens with one attached hydrogen (secondary N) is 4. The van der Waals surface area contributed by atoms with Gasteiger partial charge in [-0.3, -0.25) is 47.4 Å². The highest BCUT2D eigenvalue weighted by atomic mass is 31.2.